The van der Waals surface area contributed by atoms with Crippen molar-refractivity contribution in [2.24, 2.45) is 0 Å². The van der Waals surface area contributed by atoms with Gasteiger partial charge in [-0.25, -0.2) is 9.48 Å². The van der Waals surface area contributed by atoms with Crippen molar-refractivity contribution in [1.82, 2.24) is 20.0 Å². The van der Waals surface area contributed by atoms with Crippen LogP contribution in [0.3, 0.4) is 0 Å². The standard InChI is InChI=1S/C14H12N4O2/c1-9-2-3-10(7-15-9)8-18-13-6-11(14(19)20)4-5-12(13)16-17-18/h2-7H,8H2,1H3,(H,19,20). The third-order valence-electron chi connectivity index (χ3n) is 3.07. The van der Waals surface area contributed by atoms with E-state index in [0.717, 1.165) is 11.3 Å². The molecule has 0 radical (unpaired) electrons. The van der Waals surface area contributed by atoms with Crippen molar-refractivity contribution in [2.45, 2.75) is 13.5 Å². The van der Waals surface area contributed by atoms with Crippen LogP contribution < -0.4 is 0 Å². The Kier molecular flexibility index (Phi) is 2.90. The fraction of sp³-hybridized carbons (Fsp3) is 0.143. The minimum atomic E-state index is -0.961. The average Bonchev–Trinajstić information content (AvgIpc) is 2.84. The molecule has 2 heterocycles. The van der Waals surface area contributed by atoms with Gasteiger partial charge in [0, 0.05) is 11.9 Å². The van der Waals surface area contributed by atoms with Crippen molar-refractivity contribution >= 4 is 17.0 Å². The first kappa shape index (κ1) is 12.3. The Morgan fingerprint density at radius 1 is 1.30 bits per heavy atom. The van der Waals surface area contributed by atoms with E-state index in [4.69, 9.17) is 5.11 Å². The molecule has 100 valence electrons. The number of rotatable bonds is 3. The lowest BCUT2D eigenvalue weighted by Gasteiger charge is -2.03. The highest BCUT2D eigenvalue weighted by Crippen LogP contribution is 2.15. The fourth-order valence-electron chi connectivity index (χ4n) is 1.98. The molecule has 0 amide bonds. The van der Waals surface area contributed by atoms with E-state index in [1.807, 2.05) is 19.1 Å². The van der Waals surface area contributed by atoms with E-state index in [1.165, 1.54) is 6.07 Å². The third kappa shape index (κ3) is 2.23. The van der Waals surface area contributed by atoms with Crippen LogP contribution in [0, 0.1) is 6.92 Å². The van der Waals surface area contributed by atoms with E-state index in [2.05, 4.69) is 15.3 Å². The number of carboxylic acids is 1. The molecule has 6 nitrogen and oxygen atoms in total. The first-order valence-corrected chi connectivity index (χ1v) is 6.11. The van der Waals surface area contributed by atoms with Gasteiger partial charge in [-0.05, 0) is 36.8 Å². The molecule has 0 saturated carbocycles. The maximum Gasteiger partial charge on any atom is 0.335 e. The summed E-state index contributed by atoms with van der Waals surface area (Å²) >= 11 is 0. The summed E-state index contributed by atoms with van der Waals surface area (Å²) in [6.07, 6.45) is 1.78. The summed E-state index contributed by atoms with van der Waals surface area (Å²) in [5.74, 6) is -0.961. The van der Waals surface area contributed by atoms with Gasteiger partial charge >= 0.3 is 5.97 Å². The highest BCUT2D eigenvalue weighted by atomic mass is 16.4. The number of carboxylic acid groups (broad SMARTS) is 1. The van der Waals surface area contributed by atoms with E-state index in [9.17, 15) is 4.79 Å². The van der Waals surface area contributed by atoms with Gasteiger partial charge in [0.25, 0.3) is 0 Å². The lowest BCUT2D eigenvalue weighted by Crippen LogP contribution is -2.03. The maximum atomic E-state index is 11.0. The second-order valence-corrected chi connectivity index (χ2v) is 4.56. The van der Waals surface area contributed by atoms with Gasteiger partial charge in [-0.3, -0.25) is 4.98 Å². The van der Waals surface area contributed by atoms with Crippen LogP contribution in [-0.2, 0) is 6.54 Å². The average molecular weight is 268 g/mol. The molecule has 1 N–H and O–H groups in total. The van der Waals surface area contributed by atoms with Crippen LogP contribution in [0.4, 0.5) is 0 Å². The molecule has 20 heavy (non-hydrogen) atoms. The van der Waals surface area contributed by atoms with E-state index < -0.39 is 5.97 Å². The minimum absolute atomic E-state index is 0.225. The smallest absolute Gasteiger partial charge is 0.335 e. The zero-order valence-electron chi connectivity index (χ0n) is 10.8. The van der Waals surface area contributed by atoms with Gasteiger partial charge in [0.15, 0.2) is 0 Å². The van der Waals surface area contributed by atoms with Crippen molar-refractivity contribution in [2.75, 3.05) is 0 Å². The van der Waals surface area contributed by atoms with Gasteiger partial charge in [-0.2, -0.15) is 0 Å². The number of aromatic carboxylic acids is 1. The molecule has 6 heteroatoms. The van der Waals surface area contributed by atoms with Gasteiger partial charge in [0.05, 0.1) is 17.6 Å². The van der Waals surface area contributed by atoms with Gasteiger partial charge in [0.1, 0.15) is 5.52 Å². The molecule has 0 spiro atoms. The number of aryl methyl sites for hydroxylation is 1. The van der Waals surface area contributed by atoms with Gasteiger partial charge in [-0.15, -0.1) is 5.10 Å². The predicted molar refractivity (Wildman–Crippen MR) is 72.6 cm³/mol. The topological polar surface area (TPSA) is 80.9 Å². The number of nitrogens with zero attached hydrogens (tertiary/aromatic N) is 4. The number of pyridine rings is 1. The molecule has 3 aromatic rings. The number of hydrogen-bond donors (Lipinski definition) is 1. The number of aromatic nitrogens is 4. The molecule has 0 fully saturated rings. The first-order chi connectivity index (χ1) is 9.63. The van der Waals surface area contributed by atoms with Gasteiger partial charge < -0.3 is 5.11 Å². The Labute approximate surface area is 114 Å². The Bertz CT molecular complexity index is 777. The SMILES string of the molecule is Cc1ccc(Cn2nnc3ccc(C(=O)O)cc32)cn1. The van der Waals surface area contributed by atoms with Crippen molar-refractivity contribution in [3.8, 4) is 0 Å². The zero-order valence-corrected chi connectivity index (χ0v) is 10.8. The van der Waals surface area contributed by atoms with Crippen LogP contribution in [-0.4, -0.2) is 31.1 Å². The Balaban J connectivity index is 2.00. The molecule has 0 bridgehead atoms. The largest absolute Gasteiger partial charge is 0.478 e. The summed E-state index contributed by atoms with van der Waals surface area (Å²) in [4.78, 5) is 15.2. The quantitative estimate of drug-likeness (QED) is 0.784. The first-order valence-electron chi connectivity index (χ1n) is 6.11. The molecule has 0 unspecified atom stereocenters. The molecule has 2 aromatic heterocycles. The van der Waals surface area contributed by atoms with Crippen molar-refractivity contribution < 1.29 is 9.90 Å². The summed E-state index contributed by atoms with van der Waals surface area (Å²) in [5, 5.41) is 17.1. The number of hydrogen-bond acceptors (Lipinski definition) is 4. The summed E-state index contributed by atoms with van der Waals surface area (Å²) < 4.78 is 1.67. The highest BCUT2D eigenvalue weighted by molar-refractivity contribution is 5.92. The van der Waals surface area contributed by atoms with E-state index in [1.54, 1.807) is 23.0 Å². The Morgan fingerprint density at radius 2 is 2.15 bits per heavy atom. The van der Waals surface area contributed by atoms with Crippen LogP contribution >= 0.6 is 0 Å². The predicted octanol–water partition coefficient (Wildman–Crippen LogP) is 1.88. The van der Waals surface area contributed by atoms with Crippen LogP contribution in [0.25, 0.3) is 11.0 Å². The van der Waals surface area contributed by atoms with E-state index >= 15 is 0 Å². The lowest BCUT2D eigenvalue weighted by molar-refractivity contribution is 0.0697. The molecule has 0 aliphatic carbocycles. The number of carbonyl (C=O) groups is 1. The number of benzene rings is 1. The highest BCUT2D eigenvalue weighted by Gasteiger charge is 2.09. The van der Waals surface area contributed by atoms with Crippen LogP contribution in [0.2, 0.25) is 0 Å². The maximum absolute atomic E-state index is 11.0. The molecular formula is C14H12N4O2. The van der Waals surface area contributed by atoms with Crippen LogP contribution in [0.15, 0.2) is 36.5 Å². The molecule has 0 saturated heterocycles. The Morgan fingerprint density at radius 3 is 2.85 bits per heavy atom. The van der Waals surface area contributed by atoms with Crippen LogP contribution in [0.1, 0.15) is 21.6 Å². The molecule has 3 rings (SSSR count). The molecule has 0 aliphatic rings. The van der Waals surface area contributed by atoms with Gasteiger partial charge in [-0.1, -0.05) is 11.3 Å². The van der Waals surface area contributed by atoms with Crippen LogP contribution in [0.5, 0.6) is 0 Å². The minimum Gasteiger partial charge on any atom is -0.478 e. The Hall–Kier alpha value is -2.76. The fourth-order valence-corrected chi connectivity index (χ4v) is 1.98. The zero-order chi connectivity index (χ0) is 14.1. The number of fused-ring (bicyclic) bond motifs is 1. The second kappa shape index (κ2) is 4.73. The van der Waals surface area contributed by atoms with E-state index in [-0.39, 0.29) is 5.56 Å². The molecule has 0 aliphatic heterocycles. The van der Waals surface area contributed by atoms with Crippen molar-refractivity contribution in [1.29, 1.82) is 0 Å². The monoisotopic (exact) mass is 268 g/mol. The normalized spacial score (nSPS) is 10.8. The second-order valence-electron chi connectivity index (χ2n) is 4.56. The molecule has 0 atom stereocenters. The third-order valence-corrected chi connectivity index (χ3v) is 3.07. The molecule has 1 aromatic carbocycles. The summed E-state index contributed by atoms with van der Waals surface area (Å²) in [5.41, 5.74) is 3.54. The summed E-state index contributed by atoms with van der Waals surface area (Å²) in [6.45, 7) is 2.43. The van der Waals surface area contributed by atoms with E-state index in [0.29, 0.717) is 17.6 Å². The van der Waals surface area contributed by atoms with Gasteiger partial charge in [0.2, 0.25) is 0 Å². The summed E-state index contributed by atoms with van der Waals surface area (Å²) in [6, 6.07) is 8.67. The van der Waals surface area contributed by atoms with Crippen molar-refractivity contribution in [3.63, 3.8) is 0 Å². The van der Waals surface area contributed by atoms with Crippen molar-refractivity contribution in [3.05, 3.63) is 53.3 Å². The molecular weight excluding hydrogens is 256 g/mol. The summed E-state index contributed by atoms with van der Waals surface area (Å²) in [7, 11) is 0. The lowest BCUT2D eigenvalue weighted by atomic mass is 10.2.